The number of nitrogens with zero attached hydrogens (tertiary/aromatic N) is 3. The highest BCUT2D eigenvalue weighted by Crippen LogP contribution is 2.20. The van der Waals surface area contributed by atoms with Crippen LogP contribution in [0.3, 0.4) is 0 Å². The predicted molar refractivity (Wildman–Crippen MR) is 77.7 cm³/mol. The molecule has 0 radical (unpaired) electrons. The molecule has 0 atom stereocenters. The van der Waals surface area contributed by atoms with Crippen molar-refractivity contribution >= 4 is 17.2 Å². The van der Waals surface area contributed by atoms with Crippen LogP contribution in [0.25, 0.3) is 11.6 Å². The maximum absolute atomic E-state index is 12.8. The van der Waals surface area contributed by atoms with Crippen molar-refractivity contribution in [2.45, 2.75) is 13.5 Å². The zero-order valence-electron chi connectivity index (χ0n) is 11.5. The van der Waals surface area contributed by atoms with Gasteiger partial charge in [-0.25, -0.2) is 9.37 Å². The van der Waals surface area contributed by atoms with Crippen LogP contribution in [0.15, 0.2) is 34.2 Å². The van der Waals surface area contributed by atoms with Gasteiger partial charge in [0.25, 0.3) is 11.8 Å². The molecule has 0 saturated heterocycles. The van der Waals surface area contributed by atoms with E-state index in [-0.39, 0.29) is 17.6 Å². The number of carbonyl (C=O) groups is 1. The Kier molecular flexibility index (Phi) is 3.92. The number of hydrogen-bond acceptors (Lipinski definition) is 6. The summed E-state index contributed by atoms with van der Waals surface area (Å²) in [6.07, 6.45) is 0. The van der Waals surface area contributed by atoms with Gasteiger partial charge < -0.3 is 9.84 Å². The topological polar surface area (TPSA) is 80.9 Å². The van der Waals surface area contributed by atoms with Gasteiger partial charge in [-0.3, -0.25) is 4.79 Å². The number of nitrogens with one attached hydrogen (secondary N) is 1. The Morgan fingerprint density at radius 1 is 1.32 bits per heavy atom. The highest BCUT2D eigenvalue weighted by atomic mass is 32.1. The second-order valence-corrected chi connectivity index (χ2v) is 5.35. The van der Waals surface area contributed by atoms with Crippen LogP contribution < -0.4 is 5.32 Å². The molecule has 0 aliphatic carbocycles. The second-order valence-electron chi connectivity index (χ2n) is 4.49. The second kappa shape index (κ2) is 6.02. The molecule has 2 aromatic heterocycles. The van der Waals surface area contributed by atoms with Gasteiger partial charge in [0.05, 0.1) is 0 Å². The molecule has 0 saturated carbocycles. The Labute approximate surface area is 129 Å². The van der Waals surface area contributed by atoms with E-state index >= 15 is 0 Å². The van der Waals surface area contributed by atoms with E-state index in [2.05, 4.69) is 20.4 Å². The molecule has 3 rings (SSSR count). The third kappa shape index (κ3) is 3.17. The van der Waals surface area contributed by atoms with E-state index < -0.39 is 0 Å². The normalized spacial score (nSPS) is 10.6. The molecule has 0 aliphatic rings. The van der Waals surface area contributed by atoms with E-state index in [0.29, 0.717) is 23.1 Å². The van der Waals surface area contributed by atoms with Crippen LogP contribution in [0.4, 0.5) is 4.39 Å². The third-order valence-electron chi connectivity index (χ3n) is 2.81. The van der Waals surface area contributed by atoms with E-state index in [1.165, 1.54) is 23.5 Å². The predicted octanol–water partition coefficient (Wildman–Crippen LogP) is 2.57. The largest absolute Gasteiger partial charge is 0.346 e. The van der Waals surface area contributed by atoms with Gasteiger partial charge in [-0.05, 0) is 24.6 Å². The number of rotatable bonds is 4. The van der Waals surface area contributed by atoms with E-state index in [9.17, 15) is 9.18 Å². The fourth-order valence-electron chi connectivity index (χ4n) is 1.74. The quantitative estimate of drug-likeness (QED) is 0.799. The Bertz CT molecular complexity index is 797. The van der Waals surface area contributed by atoms with Gasteiger partial charge in [0.15, 0.2) is 10.8 Å². The number of aryl methyl sites for hydroxylation is 1. The SMILES string of the molecule is Cc1noc(-c2csc(C(=O)NCc3ccc(F)cc3)n2)n1. The molecule has 0 bridgehead atoms. The van der Waals surface area contributed by atoms with Crippen molar-refractivity contribution in [2.24, 2.45) is 0 Å². The van der Waals surface area contributed by atoms with Crippen molar-refractivity contribution in [1.29, 1.82) is 0 Å². The molecule has 2 heterocycles. The van der Waals surface area contributed by atoms with Crippen molar-refractivity contribution in [3.63, 3.8) is 0 Å². The summed E-state index contributed by atoms with van der Waals surface area (Å²) in [6.45, 7) is 2.00. The number of thiazole rings is 1. The lowest BCUT2D eigenvalue weighted by Crippen LogP contribution is -2.22. The number of hydrogen-bond donors (Lipinski definition) is 1. The highest BCUT2D eigenvalue weighted by Gasteiger charge is 2.15. The first-order valence-electron chi connectivity index (χ1n) is 6.40. The highest BCUT2D eigenvalue weighted by molar-refractivity contribution is 7.12. The summed E-state index contributed by atoms with van der Waals surface area (Å²) in [5.41, 5.74) is 1.27. The van der Waals surface area contributed by atoms with Crippen LogP contribution >= 0.6 is 11.3 Å². The summed E-state index contributed by atoms with van der Waals surface area (Å²) in [5, 5.41) is 8.38. The van der Waals surface area contributed by atoms with Gasteiger partial charge in [0.2, 0.25) is 0 Å². The molecule has 0 aliphatic heterocycles. The summed E-state index contributed by atoms with van der Waals surface area (Å²) < 4.78 is 17.8. The molecule has 6 nitrogen and oxygen atoms in total. The maximum Gasteiger partial charge on any atom is 0.280 e. The van der Waals surface area contributed by atoms with Gasteiger partial charge in [-0.1, -0.05) is 17.3 Å². The lowest BCUT2D eigenvalue weighted by Gasteiger charge is -2.02. The minimum Gasteiger partial charge on any atom is -0.346 e. The number of aromatic nitrogens is 3. The molecule has 1 N–H and O–H groups in total. The summed E-state index contributed by atoms with van der Waals surface area (Å²) in [6, 6.07) is 5.93. The first-order chi connectivity index (χ1) is 10.6. The molecule has 3 aromatic rings. The standard InChI is InChI=1S/C14H11FN4O2S/c1-8-17-13(21-19-8)11-7-22-14(18-11)12(20)16-6-9-2-4-10(15)5-3-9/h2-5,7H,6H2,1H3,(H,16,20). The zero-order chi connectivity index (χ0) is 15.5. The van der Waals surface area contributed by atoms with Crippen molar-refractivity contribution < 1.29 is 13.7 Å². The number of halogens is 1. The van der Waals surface area contributed by atoms with Gasteiger partial charge in [0, 0.05) is 11.9 Å². The van der Waals surface area contributed by atoms with E-state index in [4.69, 9.17) is 4.52 Å². The van der Waals surface area contributed by atoms with Gasteiger partial charge in [-0.2, -0.15) is 4.98 Å². The van der Waals surface area contributed by atoms with Crippen LogP contribution in [0.5, 0.6) is 0 Å². The average Bonchev–Trinajstić information content (AvgIpc) is 3.15. The smallest absolute Gasteiger partial charge is 0.280 e. The molecule has 0 unspecified atom stereocenters. The lowest BCUT2D eigenvalue weighted by molar-refractivity contribution is 0.0950. The Morgan fingerprint density at radius 3 is 2.77 bits per heavy atom. The van der Waals surface area contributed by atoms with Crippen molar-refractivity contribution in [1.82, 2.24) is 20.4 Å². The van der Waals surface area contributed by atoms with Crippen LogP contribution in [0, 0.1) is 12.7 Å². The Hall–Kier alpha value is -2.61. The molecule has 1 amide bonds. The Morgan fingerprint density at radius 2 is 2.09 bits per heavy atom. The van der Waals surface area contributed by atoms with Gasteiger partial charge >= 0.3 is 0 Å². The summed E-state index contributed by atoms with van der Waals surface area (Å²) in [7, 11) is 0. The molecule has 0 spiro atoms. The summed E-state index contributed by atoms with van der Waals surface area (Å²) >= 11 is 1.19. The molecular formula is C14H11FN4O2S. The minimum absolute atomic E-state index is 0.284. The molecule has 112 valence electrons. The molecule has 0 fully saturated rings. The lowest BCUT2D eigenvalue weighted by atomic mass is 10.2. The van der Waals surface area contributed by atoms with Crippen molar-refractivity contribution in [3.8, 4) is 11.6 Å². The monoisotopic (exact) mass is 318 g/mol. The number of benzene rings is 1. The summed E-state index contributed by atoms with van der Waals surface area (Å²) in [4.78, 5) is 20.3. The maximum atomic E-state index is 12.8. The first-order valence-corrected chi connectivity index (χ1v) is 7.28. The van der Waals surface area contributed by atoms with Crippen LogP contribution in [-0.2, 0) is 6.54 Å². The zero-order valence-corrected chi connectivity index (χ0v) is 12.4. The molecule has 1 aromatic carbocycles. The van der Waals surface area contributed by atoms with Crippen LogP contribution in [0.1, 0.15) is 21.2 Å². The van der Waals surface area contributed by atoms with Crippen molar-refractivity contribution in [3.05, 3.63) is 51.9 Å². The van der Waals surface area contributed by atoms with Crippen LogP contribution in [0.2, 0.25) is 0 Å². The van der Waals surface area contributed by atoms with Crippen molar-refractivity contribution in [2.75, 3.05) is 0 Å². The molecular weight excluding hydrogens is 307 g/mol. The molecule has 8 heteroatoms. The van der Waals surface area contributed by atoms with E-state index in [0.717, 1.165) is 5.56 Å². The van der Waals surface area contributed by atoms with E-state index in [1.54, 1.807) is 24.4 Å². The number of amides is 1. The Balaban J connectivity index is 1.65. The average molecular weight is 318 g/mol. The minimum atomic E-state index is -0.311. The van der Waals surface area contributed by atoms with Gasteiger partial charge in [0.1, 0.15) is 11.5 Å². The third-order valence-corrected chi connectivity index (χ3v) is 3.65. The van der Waals surface area contributed by atoms with Crippen LogP contribution in [-0.4, -0.2) is 21.0 Å². The van der Waals surface area contributed by atoms with E-state index in [1.807, 2.05) is 0 Å². The summed E-state index contributed by atoms with van der Waals surface area (Å²) in [5.74, 6) is 0.169. The fraction of sp³-hybridized carbons (Fsp3) is 0.143. The fourth-order valence-corrected chi connectivity index (χ4v) is 2.44. The molecule has 22 heavy (non-hydrogen) atoms. The number of carbonyl (C=O) groups excluding carboxylic acids is 1. The first kappa shape index (κ1) is 14.3. The van der Waals surface area contributed by atoms with Gasteiger partial charge in [-0.15, -0.1) is 11.3 Å².